The van der Waals surface area contributed by atoms with Crippen LogP contribution in [0.1, 0.15) is 24.0 Å². The first-order valence-electron chi connectivity index (χ1n) is 11.2. The molecule has 0 unspecified atom stereocenters. The number of nitrogens with zero attached hydrogens (tertiary/aromatic N) is 3. The number of ketones is 2. The largest absolute Gasteiger partial charge is 0.495 e. The van der Waals surface area contributed by atoms with Crippen molar-refractivity contribution < 1.29 is 23.5 Å². The lowest BCUT2D eigenvalue weighted by molar-refractivity contribution is -0.133. The van der Waals surface area contributed by atoms with Crippen LogP contribution in [-0.2, 0) is 22.4 Å². The Hall–Kier alpha value is -4.20. The molecule has 8 heteroatoms. The van der Waals surface area contributed by atoms with Crippen LogP contribution in [0, 0.1) is 11.2 Å². The Kier molecular flexibility index (Phi) is 5.94. The molecule has 4 aromatic rings. The van der Waals surface area contributed by atoms with Gasteiger partial charge in [0.2, 0.25) is 5.88 Å². The van der Waals surface area contributed by atoms with E-state index in [2.05, 4.69) is 15.0 Å². The highest BCUT2D eigenvalue weighted by molar-refractivity contribution is 6.10. The Morgan fingerprint density at radius 3 is 2.11 bits per heavy atom. The molecule has 0 N–H and O–H groups in total. The van der Waals surface area contributed by atoms with E-state index < -0.39 is 5.41 Å². The Morgan fingerprint density at radius 2 is 1.51 bits per heavy atom. The summed E-state index contributed by atoms with van der Waals surface area (Å²) in [7, 11) is 1.56. The summed E-state index contributed by atoms with van der Waals surface area (Å²) in [6.45, 7) is 0. The summed E-state index contributed by atoms with van der Waals surface area (Å²) in [6, 6.07) is 14.7. The molecule has 2 aromatic carbocycles. The van der Waals surface area contributed by atoms with Crippen LogP contribution in [0.4, 0.5) is 4.39 Å². The number of halogens is 1. The van der Waals surface area contributed by atoms with Gasteiger partial charge in [-0.1, -0.05) is 24.3 Å². The second kappa shape index (κ2) is 9.21. The summed E-state index contributed by atoms with van der Waals surface area (Å²) in [5, 5.41) is 0. The molecule has 0 saturated heterocycles. The molecule has 35 heavy (non-hydrogen) atoms. The summed E-state index contributed by atoms with van der Waals surface area (Å²) in [6.07, 6.45) is 4.37. The zero-order chi connectivity index (χ0) is 24.4. The SMILES string of the molecule is COc1cnc2c(Oc3ccc(CC(=O)C4(C(=O)Cc5ccc(F)cc5)CC4)cc3)ncnc2c1. The first kappa shape index (κ1) is 22.6. The Bertz CT molecular complexity index is 1400. The molecule has 2 aromatic heterocycles. The van der Waals surface area contributed by atoms with Crippen molar-refractivity contribution in [3.8, 4) is 17.4 Å². The minimum atomic E-state index is -0.920. The molecular formula is C27H22FN3O4. The monoisotopic (exact) mass is 471 g/mol. The fraction of sp³-hybridized carbons (Fsp3) is 0.222. The van der Waals surface area contributed by atoms with E-state index >= 15 is 0 Å². The molecule has 1 aliphatic rings. The molecule has 0 radical (unpaired) electrons. The first-order chi connectivity index (χ1) is 17.0. The van der Waals surface area contributed by atoms with E-state index in [4.69, 9.17) is 9.47 Å². The number of carbonyl (C=O) groups excluding carboxylic acids is 2. The maximum atomic E-state index is 13.1. The van der Waals surface area contributed by atoms with Crippen molar-refractivity contribution in [1.29, 1.82) is 0 Å². The number of methoxy groups -OCH3 is 1. The lowest BCUT2D eigenvalue weighted by atomic mass is 9.88. The van der Waals surface area contributed by atoms with E-state index in [1.54, 1.807) is 55.8 Å². The second-order valence-corrected chi connectivity index (χ2v) is 8.58. The van der Waals surface area contributed by atoms with Crippen LogP contribution in [0.25, 0.3) is 11.0 Å². The summed E-state index contributed by atoms with van der Waals surface area (Å²) in [4.78, 5) is 38.6. The van der Waals surface area contributed by atoms with Gasteiger partial charge >= 0.3 is 0 Å². The summed E-state index contributed by atoms with van der Waals surface area (Å²) < 4.78 is 24.2. The maximum absolute atomic E-state index is 13.1. The number of hydrogen-bond acceptors (Lipinski definition) is 7. The quantitative estimate of drug-likeness (QED) is 0.328. The van der Waals surface area contributed by atoms with Gasteiger partial charge in [0.15, 0.2) is 17.1 Å². The van der Waals surface area contributed by atoms with Gasteiger partial charge in [0.05, 0.1) is 24.2 Å². The van der Waals surface area contributed by atoms with Gasteiger partial charge in [-0.15, -0.1) is 0 Å². The lowest BCUT2D eigenvalue weighted by Crippen LogP contribution is -2.28. The number of pyridine rings is 1. The molecular weight excluding hydrogens is 449 g/mol. The van der Waals surface area contributed by atoms with Crippen LogP contribution >= 0.6 is 0 Å². The summed E-state index contributed by atoms with van der Waals surface area (Å²) in [5.74, 6) is 0.889. The molecule has 0 bridgehead atoms. The van der Waals surface area contributed by atoms with Gasteiger partial charge in [0.1, 0.15) is 23.6 Å². The van der Waals surface area contributed by atoms with Crippen molar-refractivity contribution in [3.05, 3.63) is 84.1 Å². The van der Waals surface area contributed by atoms with Crippen LogP contribution in [0.2, 0.25) is 0 Å². The van der Waals surface area contributed by atoms with Gasteiger partial charge in [-0.25, -0.2) is 14.4 Å². The first-order valence-corrected chi connectivity index (χ1v) is 11.2. The number of fused-ring (bicyclic) bond motifs is 1. The average Bonchev–Trinajstić information content (AvgIpc) is 3.69. The smallest absolute Gasteiger partial charge is 0.249 e. The highest BCUT2D eigenvalue weighted by atomic mass is 19.1. The second-order valence-electron chi connectivity index (χ2n) is 8.58. The topological polar surface area (TPSA) is 91.3 Å². The molecule has 5 rings (SSSR count). The zero-order valence-corrected chi connectivity index (χ0v) is 19.0. The molecule has 1 aliphatic carbocycles. The third-order valence-electron chi connectivity index (χ3n) is 6.25. The number of ether oxygens (including phenoxy) is 2. The van der Waals surface area contributed by atoms with Crippen LogP contribution in [0.5, 0.6) is 17.4 Å². The highest BCUT2D eigenvalue weighted by Crippen LogP contribution is 2.48. The van der Waals surface area contributed by atoms with E-state index in [0.29, 0.717) is 46.8 Å². The molecule has 2 heterocycles. The minimum absolute atomic E-state index is 0.0850. The third-order valence-corrected chi connectivity index (χ3v) is 6.25. The molecule has 1 saturated carbocycles. The van der Waals surface area contributed by atoms with Gasteiger partial charge < -0.3 is 9.47 Å². The van der Waals surface area contributed by atoms with Crippen molar-refractivity contribution in [2.24, 2.45) is 5.41 Å². The van der Waals surface area contributed by atoms with E-state index in [0.717, 1.165) is 5.56 Å². The standard InChI is InChI=1S/C27H22FN3O4/c1-34-21-14-22-25(29-15-21)26(31-16-30-22)35-20-8-4-18(5-9-20)13-24(33)27(10-11-27)23(32)12-17-2-6-19(28)7-3-17/h2-9,14-16H,10-13H2,1H3. The fourth-order valence-corrected chi connectivity index (χ4v) is 4.03. The zero-order valence-electron chi connectivity index (χ0n) is 19.0. The molecule has 176 valence electrons. The van der Waals surface area contributed by atoms with E-state index in [-0.39, 0.29) is 30.2 Å². The van der Waals surface area contributed by atoms with Crippen LogP contribution in [0.3, 0.4) is 0 Å². The van der Waals surface area contributed by atoms with Crippen LogP contribution in [0.15, 0.2) is 67.1 Å². The number of carbonyl (C=O) groups is 2. The lowest BCUT2D eigenvalue weighted by Gasteiger charge is -2.13. The molecule has 0 aliphatic heterocycles. The van der Waals surface area contributed by atoms with Crippen molar-refractivity contribution in [2.75, 3.05) is 7.11 Å². The molecule has 0 atom stereocenters. The predicted octanol–water partition coefficient (Wildman–Crippen LogP) is 4.67. The number of aromatic nitrogens is 3. The molecule has 0 spiro atoms. The third kappa shape index (κ3) is 4.73. The Morgan fingerprint density at radius 1 is 0.886 bits per heavy atom. The van der Waals surface area contributed by atoms with E-state index in [1.807, 2.05) is 0 Å². The normalized spacial score (nSPS) is 13.9. The Balaban J connectivity index is 1.25. The maximum Gasteiger partial charge on any atom is 0.249 e. The van der Waals surface area contributed by atoms with Gasteiger partial charge in [-0.05, 0) is 48.2 Å². The van der Waals surface area contributed by atoms with Gasteiger partial charge in [-0.3, -0.25) is 9.59 Å². The fourth-order valence-electron chi connectivity index (χ4n) is 4.03. The van der Waals surface area contributed by atoms with Crippen molar-refractivity contribution >= 4 is 22.6 Å². The van der Waals surface area contributed by atoms with Crippen LogP contribution in [-0.4, -0.2) is 33.6 Å². The van der Waals surface area contributed by atoms with Crippen molar-refractivity contribution in [3.63, 3.8) is 0 Å². The average molecular weight is 471 g/mol. The highest BCUT2D eigenvalue weighted by Gasteiger charge is 2.54. The van der Waals surface area contributed by atoms with Crippen molar-refractivity contribution in [2.45, 2.75) is 25.7 Å². The summed E-state index contributed by atoms with van der Waals surface area (Å²) in [5.41, 5.74) is 1.68. The van der Waals surface area contributed by atoms with E-state index in [9.17, 15) is 14.0 Å². The number of Topliss-reactive ketones (excluding diaryl/α,β-unsaturated/α-hetero) is 2. The molecule has 7 nitrogen and oxygen atoms in total. The minimum Gasteiger partial charge on any atom is -0.495 e. The summed E-state index contributed by atoms with van der Waals surface area (Å²) >= 11 is 0. The van der Waals surface area contributed by atoms with Gasteiger partial charge in [0.25, 0.3) is 0 Å². The molecule has 0 amide bonds. The van der Waals surface area contributed by atoms with Crippen LogP contribution < -0.4 is 9.47 Å². The van der Waals surface area contributed by atoms with Crippen molar-refractivity contribution in [1.82, 2.24) is 15.0 Å². The van der Waals surface area contributed by atoms with E-state index in [1.165, 1.54) is 18.5 Å². The Labute approximate surface area is 201 Å². The van der Waals surface area contributed by atoms with Gasteiger partial charge in [-0.2, -0.15) is 4.98 Å². The number of benzene rings is 2. The number of hydrogen-bond donors (Lipinski definition) is 0. The molecule has 1 fully saturated rings. The number of rotatable bonds is 9. The van der Waals surface area contributed by atoms with Gasteiger partial charge in [0, 0.05) is 18.9 Å². The predicted molar refractivity (Wildman–Crippen MR) is 126 cm³/mol.